The predicted octanol–water partition coefficient (Wildman–Crippen LogP) is 1.04. The van der Waals surface area contributed by atoms with Crippen LogP contribution in [0.4, 0.5) is 11.4 Å². The van der Waals surface area contributed by atoms with Gasteiger partial charge in [0.1, 0.15) is 0 Å². The summed E-state index contributed by atoms with van der Waals surface area (Å²) in [6.07, 6.45) is 0. The molecule has 2 rings (SSSR count). The highest BCUT2D eigenvalue weighted by atomic mass is 16.3. The summed E-state index contributed by atoms with van der Waals surface area (Å²) in [4.78, 5) is 2.20. The van der Waals surface area contributed by atoms with E-state index in [0.29, 0.717) is 0 Å². The molecule has 3 nitrogen and oxygen atoms in total. The van der Waals surface area contributed by atoms with Gasteiger partial charge in [0.2, 0.25) is 0 Å². The molecule has 70 valence electrons. The van der Waals surface area contributed by atoms with Crippen LogP contribution in [-0.4, -0.2) is 25.2 Å². The van der Waals surface area contributed by atoms with Gasteiger partial charge in [-0.1, -0.05) is 12.1 Å². The second kappa shape index (κ2) is 3.26. The van der Waals surface area contributed by atoms with Crippen molar-refractivity contribution in [2.24, 2.45) is 0 Å². The van der Waals surface area contributed by atoms with Gasteiger partial charge >= 0.3 is 0 Å². The van der Waals surface area contributed by atoms with E-state index < -0.39 is 0 Å². The Morgan fingerprint density at radius 3 is 3.15 bits per heavy atom. The molecule has 0 spiro atoms. The Labute approximate surface area is 78.0 Å². The SMILES string of the molecule is CN1CCNc2c(CO)cccc21. The molecule has 0 bridgehead atoms. The molecule has 1 aromatic rings. The van der Waals surface area contributed by atoms with Gasteiger partial charge in [0.05, 0.1) is 18.0 Å². The fraction of sp³-hybridized carbons (Fsp3) is 0.400. The van der Waals surface area contributed by atoms with Crippen molar-refractivity contribution in [3.05, 3.63) is 23.8 Å². The lowest BCUT2D eigenvalue weighted by molar-refractivity contribution is 0.282. The maximum Gasteiger partial charge on any atom is 0.0702 e. The minimum absolute atomic E-state index is 0.101. The Balaban J connectivity index is 2.48. The van der Waals surface area contributed by atoms with Crippen molar-refractivity contribution in [2.45, 2.75) is 6.61 Å². The van der Waals surface area contributed by atoms with Crippen molar-refractivity contribution in [3.63, 3.8) is 0 Å². The van der Waals surface area contributed by atoms with Crippen molar-refractivity contribution >= 4 is 11.4 Å². The molecule has 0 aromatic heterocycles. The van der Waals surface area contributed by atoms with Gasteiger partial charge in [-0.2, -0.15) is 0 Å². The largest absolute Gasteiger partial charge is 0.392 e. The fourth-order valence-corrected chi connectivity index (χ4v) is 1.71. The number of likely N-dealkylation sites (N-methyl/N-ethyl adjacent to an activating group) is 1. The molecule has 13 heavy (non-hydrogen) atoms. The maximum atomic E-state index is 9.12. The van der Waals surface area contributed by atoms with E-state index in [1.807, 2.05) is 12.1 Å². The van der Waals surface area contributed by atoms with Gasteiger partial charge in [-0.15, -0.1) is 0 Å². The van der Waals surface area contributed by atoms with E-state index in [2.05, 4.69) is 23.3 Å². The summed E-state index contributed by atoms with van der Waals surface area (Å²) >= 11 is 0. The second-order valence-electron chi connectivity index (χ2n) is 3.32. The quantitative estimate of drug-likeness (QED) is 0.674. The number of aliphatic hydroxyl groups excluding tert-OH is 1. The first-order valence-corrected chi connectivity index (χ1v) is 4.50. The lowest BCUT2D eigenvalue weighted by Crippen LogP contribution is -2.30. The number of anilines is 2. The van der Waals surface area contributed by atoms with Crippen molar-refractivity contribution in [1.82, 2.24) is 0 Å². The number of aliphatic hydroxyl groups is 1. The summed E-state index contributed by atoms with van der Waals surface area (Å²) in [5.74, 6) is 0. The standard InChI is InChI=1S/C10H14N2O/c1-12-6-5-11-10-8(7-13)3-2-4-9(10)12/h2-4,11,13H,5-7H2,1H3. The van der Waals surface area contributed by atoms with Crippen LogP contribution in [0.5, 0.6) is 0 Å². The highest BCUT2D eigenvalue weighted by Crippen LogP contribution is 2.31. The van der Waals surface area contributed by atoms with Crippen LogP contribution in [0.1, 0.15) is 5.56 Å². The summed E-state index contributed by atoms with van der Waals surface area (Å²) in [5, 5.41) is 12.4. The highest BCUT2D eigenvalue weighted by Gasteiger charge is 2.14. The molecule has 0 aliphatic carbocycles. The Morgan fingerprint density at radius 2 is 2.38 bits per heavy atom. The van der Waals surface area contributed by atoms with Gasteiger partial charge in [-0.05, 0) is 6.07 Å². The Bertz CT molecular complexity index is 312. The van der Waals surface area contributed by atoms with Crippen molar-refractivity contribution < 1.29 is 5.11 Å². The number of nitrogens with zero attached hydrogens (tertiary/aromatic N) is 1. The molecule has 1 aliphatic heterocycles. The molecule has 3 heteroatoms. The number of rotatable bonds is 1. The minimum atomic E-state index is 0.101. The van der Waals surface area contributed by atoms with Crippen molar-refractivity contribution in [3.8, 4) is 0 Å². The van der Waals surface area contributed by atoms with Gasteiger partial charge in [-0.3, -0.25) is 0 Å². The third-order valence-electron chi connectivity index (χ3n) is 2.46. The molecule has 0 unspecified atom stereocenters. The topological polar surface area (TPSA) is 35.5 Å². The average molecular weight is 178 g/mol. The smallest absolute Gasteiger partial charge is 0.0702 e. The van der Waals surface area contributed by atoms with Crippen LogP contribution in [0, 0.1) is 0 Å². The number of fused-ring (bicyclic) bond motifs is 1. The fourth-order valence-electron chi connectivity index (χ4n) is 1.71. The maximum absolute atomic E-state index is 9.12. The minimum Gasteiger partial charge on any atom is -0.392 e. The van der Waals surface area contributed by atoms with Crippen molar-refractivity contribution in [1.29, 1.82) is 0 Å². The molecular weight excluding hydrogens is 164 g/mol. The van der Waals surface area contributed by atoms with Crippen LogP contribution < -0.4 is 10.2 Å². The summed E-state index contributed by atoms with van der Waals surface area (Å²) in [7, 11) is 2.07. The molecule has 1 heterocycles. The number of para-hydroxylation sites is 1. The summed E-state index contributed by atoms with van der Waals surface area (Å²) in [6, 6.07) is 6.00. The molecule has 0 amide bonds. The van der Waals surface area contributed by atoms with Crippen LogP contribution in [0.25, 0.3) is 0 Å². The molecule has 0 saturated carbocycles. The Morgan fingerprint density at radius 1 is 1.54 bits per heavy atom. The molecule has 0 radical (unpaired) electrons. The molecular formula is C10H14N2O. The van der Waals surface area contributed by atoms with Gasteiger partial charge in [0.25, 0.3) is 0 Å². The second-order valence-corrected chi connectivity index (χ2v) is 3.32. The van der Waals surface area contributed by atoms with E-state index in [4.69, 9.17) is 5.11 Å². The zero-order valence-electron chi connectivity index (χ0n) is 7.75. The first-order valence-electron chi connectivity index (χ1n) is 4.50. The van der Waals surface area contributed by atoms with Gasteiger partial charge in [-0.25, -0.2) is 0 Å². The zero-order chi connectivity index (χ0) is 9.26. The molecule has 0 saturated heterocycles. The predicted molar refractivity (Wildman–Crippen MR) is 54.1 cm³/mol. The Kier molecular flexibility index (Phi) is 2.10. The molecule has 0 atom stereocenters. The van der Waals surface area contributed by atoms with E-state index in [1.54, 1.807) is 0 Å². The summed E-state index contributed by atoms with van der Waals surface area (Å²) < 4.78 is 0. The van der Waals surface area contributed by atoms with Crippen LogP contribution >= 0.6 is 0 Å². The third kappa shape index (κ3) is 1.35. The monoisotopic (exact) mass is 178 g/mol. The normalized spacial score (nSPS) is 15.1. The van der Waals surface area contributed by atoms with Gasteiger partial charge in [0.15, 0.2) is 0 Å². The van der Waals surface area contributed by atoms with Crippen LogP contribution in [0.15, 0.2) is 18.2 Å². The van der Waals surface area contributed by atoms with Gasteiger partial charge < -0.3 is 15.3 Å². The summed E-state index contributed by atoms with van der Waals surface area (Å²) in [5.41, 5.74) is 3.24. The number of hydrogen-bond acceptors (Lipinski definition) is 3. The average Bonchev–Trinajstić information content (AvgIpc) is 2.18. The van der Waals surface area contributed by atoms with Crippen LogP contribution in [0.3, 0.4) is 0 Å². The van der Waals surface area contributed by atoms with E-state index in [0.717, 1.165) is 24.3 Å². The first kappa shape index (κ1) is 8.38. The molecule has 1 aliphatic rings. The Hall–Kier alpha value is -1.22. The van der Waals surface area contributed by atoms with E-state index in [1.165, 1.54) is 5.69 Å². The zero-order valence-corrected chi connectivity index (χ0v) is 7.75. The lowest BCUT2D eigenvalue weighted by atomic mass is 10.1. The number of benzene rings is 1. The lowest BCUT2D eigenvalue weighted by Gasteiger charge is -2.29. The van der Waals surface area contributed by atoms with E-state index in [-0.39, 0.29) is 6.61 Å². The molecule has 2 N–H and O–H groups in total. The van der Waals surface area contributed by atoms with Gasteiger partial charge in [0, 0.05) is 25.7 Å². The van der Waals surface area contributed by atoms with Crippen molar-refractivity contribution in [2.75, 3.05) is 30.4 Å². The van der Waals surface area contributed by atoms with E-state index >= 15 is 0 Å². The summed E-state index contributed by atoms with van der Waals surface area (Å²) in [6.45, 7) is 2.06. The van der Waals surface area contributed by atoms with Crippen LogP contribution in [-0.2, 0) is 6.61 Å². The number of hydrogen-bond donors (Lipinski definition) is 2. The molecule has 0 fully saturated rings. The molecule has 1 aromatic carbocycles. The van der Waals surface area contributed by atoms with E-state index in [9.17, 15) is 0 Å². The van der Waals surface area contributed by atoms with Crippen LogP contribution in [0.2, 0.25) is 0 Å². The highest BCUT2D eigenvalue weighted by molar-refractivity contribution is 5.75. The third-order valence-corrected chi connectivity index (χ3v) is 2.46. The first-order chi connectivity index (χ1) is 6.33. The number of nitrogens with one attached hydrogen (secondary N) is 1.